The van der Waals surface area contributed by atoms with Crippen LogP contribution in [-0.4, -0.2) is 38.7 Å². The molecule has 15 heteroatoms. The summed E-state index contributed by atoms with van der Waals surface area (Å²) in [7, 11) is -4.22. The predicted octanol–water partition coefficient (Wildman–Crippen LogP) is 4.11. The molecule has 0 aliphatic rings. The van der Waals surface area contributed by atoms with Crippen LogP contribution in [0.5, 0.6) is 0 Å². The minimum absolute atomic E-state index is 0.000755. The highest BCUT2D eigenvalue weighted by molar-refractivity contribution is 7.91. The Kier molecular flexibility index (Phi) is 5.93. The summed E-state index contributed by atoms with van der Waals surface area (Å²) in [6, 6.07) is 4.01. The maximum atomic E-state index is 13.5. The fraction of sp³-hybridized carbons (Fsp3) is 0.238. The van der Waals surface area contributed by atoms with E-state index in [0.29, 0.717) is 15.4 Å². The summed E-state index contributed by atoms with van der Waals surface area (Å²) >= 11 is 0. The molecule has 0 saturated carbocycles. The summed E-state index contributed by atoms with van der Waals surface area (Å²) in [4.78, 5) is 16.3. The molecular weight excluding hydrogens is 516 g/mol. The topological polar surface area (TPSA) is 99.7 Å². The van der Waals surface area contributed by atoms with E-state index in [9.17, 15) is 39.6 Å². The van der Waals surface area contributed by atoms with Gasteiger partial charge in [-0.3, -0.25) is 4.79 Å². The SMILES string of the molecule is CCS(=O)(=O)c1cc(-n2nc(C)cc2C(F)(F)F)cnc1-n1ncc2ccc(C(F)(F)F)cc2c1=O. The first-order chi connectivity index (χ1) is 16.6. The molecule has 0 radical (unpaired) electrons. The zero-order valence-electron chi connectivity index (χ0n) is 18.4. The molecule has 0 atom stereocenters. The van der Waals surface area contributed by atoms with Gasteiger partial charge in [0, 0.05) is 5.39 Å². The number of aromatic nitrogens is 5. The lowest BCUT2D eigenvalue weighted by Gasteiger charge is -2.14. The largest absolute Gasteiger partial charge is 0.433 e. The van der Waals surface area contributed by atoms with Crippen LogP contribution in [0.25, 0.3) is 22.3 Å². The summed E-state index contributed by atoms with van der Waals surface area (Å²) < 4.78 is 107. The Bertz CT molecular complexity index is 1660. The first-order valence-corrected chi connectivity index (χ1v) is 11.8. The van der Waals surface area contributed by atoms with E-state index >= 15 is 0 Å². The number of nitrogens with zero attached hydrogens (tertiary/aromatic N) is 5. The molecule has 4 rings (SSSR count). The van der Waals surface area contributed by atoms with E-state index in [1.165, 1.54) is 13.8 Å². The van der Waals surface area contributed by atoms with Crippen LogP contribution in [0.2, 0.25) is 0 Å². The average Bonchev–Trinajstić information content (AvgIpc) is 3.20. The van der Waals surface area contributed by atoms with Crippen LogP contribution in [-0.2, 0) is 22.2 Å². The monoisotopic (exact) mass is 531 g/mol. The highest BCUT2D eigenvalue weighted by atomic mass is 32.2. The summed E-state index contributed by atoms with van der Waals surface area (Å²) in [5.41, 5.74) is -3.76. The third-order valence-electron chi connectivity index (χ3n) is 5.22. The molecular formula is C21H15F6N5O3S. The Morgan fingerprint density at radius 2 is 1.64 bits per heavy atom. The second kappa shape index (κ2) is 8.43. The predicted molar refractivity (Wildman–Crippen MR) is 115 cm³/mol. The van der Waals surface area contributed by atoms with E-state index in [1.54, 1.807) is 0 Å². The van der Waals surface area contributed by atoms with Crippen molar-refractivity contribution in [3.05, 3.63) is 70.0 Å². The van der Waals surface area contributed by atoms with E-state index in [0.717, 1.165) is 36.7 Å². The van der Waals surface area contributed by atoms with E-state index in [-0.39, 0.29) is 16.8 Å². The second-order valence-electron chi connectivity index (χ2n) is 7.66. The molecule has 3 heterocycles. The molecule has 0 spiro atoms. The Labute approximate surface area is 198 Å². The second-order valence-corrected chi connectivity index (χ2v) is 9.91. The van der Waals surface area contributed by atoms with Crippen LogP contribution in [0.4, 0.5) is 26.3 Å². The number of alkyl halides is 6. The van der Waals surface area contributed by atoms with Gasteiger partial charge in [0.1, 0.15) is 10.6 Å². The molecule has 0 saturated heterocycles. The maximum absolute atomic E-state index is 13.5. The molecule has 0 N–H and O–H groups in total. The Balaban J connectivity index is 1.99. The van der Waals surface area contributed by atoms with Crippen LogP contribution < -0.4 is 5.56 Å². The van der Waals surface area contributed by atoms with Crippen molar-refractivity contribution in [1.29, 1.82) is 0 Å². The molecule has 4 aromatic rings. The van der Waals surface area contributed by atoms with Crippen molar-refractivity contribution in [2.45, 2.75) is 31.1 Å². The number of sulfone groups is 1. The lowest BCUT2D eigenvalue weighted by atomic mass is 10.1. The first kappa shape index (κ1) is 25.3. The van der Waals surface area contributed by atoms with Gasteiger partial charge in [-0.2, -0.15) is 41.2 Å². The van der Waals surface area contributed by atoms with Gasteiger partial charge < -0.3 is 0 Å². The van der Waals surface area contributed by atoms with Gasteiger partial charge >= 0.3 is 12.4 Å². The molecule has 1 aromatic carbocycles. The summed E-state index contributed by atoms with van der Waals surface area (Å²) in [5.74, 6) is -1.10. The first-order valence-electron chi connectivity index (χ1n) is 10.1. The molecule has 0 fully saturated rings. The molecule has 0 unspecified atom stereocenters. The van der Waals surface area contributed by atoms with Gasteiger partial charge in [0.25, 0.3) is 5.56 Å². The molecule has 8 nitrogen and oxygen atoms in total. The molecule has 0 bridgehead atoms. The van der Waals surface area contributed by atoms with E-state index in [4.69, 9.17) is 0 Å². The number of benzene rings is 1. The molecule has 0 aliphatic carbocycles. The number of hydrogen-bond acceptors (Lipinski definition) is 6. The highest BCUT2D eigenvalue weighted by Crippen LogP contribution is 2.33. The van der Waals surface area contributed by atoms with E-state index in [2.05, 4.69) is 15.2 Å². The molecule has 3 aromatic heterocycles. The van der Waals surface area contributed by atoms with Crippen molar-refractivity contribution in [3.63, 3.8) is 0 Å². The highest BCUT2D eigenvalue weighted by Gasteiger charge is 2.36. The van der Waals surface area contributed by atoms with Crippen molar-refractivity contribution in [2.24, 2.45) is 0 Å². The van der Waals surface area contributed by atoms with Gasteiger partial charge in [0.05, 0.1) is 40.5 Å². The number of pyridine rings is 1. The van der Waals surface area contributed by atoms with Gasteiger partial charge in [-0.15, -0.1) is 0 Å². The fourth-order valence-electron chi connectivity index (χ4n) is 3.45. The zero-order valence-corrected chi connectivity index (χ0v) is 19.2. The minimum atomic E-state index is -4.82. The number of aryl methyl sites for hydroxylation is 1. The van der Waals surface area contributed by atoms with Gasteiger partial charge in [0.2, 0.25) is 0 Å². The van der Waals surface area contributed by atoms with Crippen LogP contribution in [0.15, 0.2) is 52.4 Å². The molecule has 0 aliphatic heterocycles. The van der Waals surface area contributed by atoms with Crippen LogP contribution in [0.3, 0.4) is 0 Å². The average molecular weight is 531 g/mol. The zero-order chi connectivity index (χ0) is 26.6. The summed E-state index contributed by atoms with van der Waals surface area (Å²) in [6.07, 6.45) is -7.66. The van der Waals surface area contributed by atoms with Crippen LogP contribution >= 0.6 is 0 Å². The van der Waals surface area contributed by atoms with Gasteiger partial charge in [-0.1, -0.05) is 13.0 Å². The smallest absolute Gasteiger partial charge is 0.267 e. The van der Waals surface area contributed by atoms with Crippen molar-refractivity contribution < 1.29 is 34.8 Å². The van der Waals surface area contributed by atoms with Crippen molar-refractivity contribution in [2.75, 3.05) is 5.75 Å². The fourth-order valence-corrected chi connectivity index (χ4v) is 4.48. The minimum Gasteiger partial charge on any atom is -0.267 e. The van der Waals surface area contributed by atoms with E-state index < -0.39 is 60.9 Å². The number of halogens is 6. The quantitative estimate of drug-likeness (QED) is 0.368. The Morgan fingerprint density at radius 3 is 2.25 bits per heavy atom. The maximum Gasteiger partial charge on any atom is 0.433 e. The molecule has 0 amide bonds. The van der Waals surface area contributed by atoms with Gasteiger partial charge in [-0.05, 0) is 31.2 Å². The normalized spacial score (nSPS) is 12.9. The Morgan fingerprint density at radius 1 is 0.944 bits per heavy atom. The van der Waals surface area contributed by atoms with Gasteiger partial charge in [0.15, 0.2) is 15.7 Å². The lowest BCUT2D eigenvalue weighted by molar-refractivity contribution is -0.142. The standard InChI is InChI=1S/C21H15F6N5O3S/c1-3-36(34,35)16-8-14(31-17(21(25,26)27)6-11(2)30-31)10-28-18(16)32-19(33)15-7-13(20(22,23)24)5-4-12(15)9-29-32/h4-10H,3H2,1-2H3. The van der Waals surface area contributed by atoms with E-state index in [1.807, 2.05) is 0 Å². The van der Waals surface area contributed by atoms with Crippen molar-refractivity contribution >= 4 is 20.6 Å². The number of fused-ring (bicyclic) bond motifs is 1. The number of hydrogen-bond donors (Lipinski definition) is 0. The van der Waals surface area contributed by atoms with Crippen LogP contribution in [0, 0.1) is 6.92 Å². The lowest BCUT2D eigenvalue weighted by Crippen LogP contribution is -2.25. The van der Waals surface area contributed by atoms with Crippen molar-refractivity contribution in [3.8, 4) is 11.5 Å². The van der Waals surface area contributed by atoms with Gasteiger partial charge in [-0.25, -0.2) is 18.1 Å². The summed E-state index contributed by atoms with van der Waals surface area (Å²) in [6.45, 7) is 2.57. The third kappa shape index (κ3) is 4.45. The number of rotatable bonds is 4. The van der Waals surface area contributed by atoms with Crippen LogP contribution in [0.1, 0.15) is 23.9 Å². The Hall–Kier alpha value is -3.75. The van der Waals surface area contributed by atoms with Crippen molar-refractivity contribution in [1.82, 2.24) is 24.5 Å². The summed E-state index contributed by atoms with van der Waals surface area (Å²) in [5, 5.41) is 7.24. The third-order valence-corrected chi connectivity index (χ3v) is 6.95. The molecule has 36 heavy (non-hydrogen) atoms. The molecule has 190 valence electrons.